The van der Waals surface area contributed by atoms with Crippen LogP contribution >= 0.6 is 0 Å². The molecule has 2 rings (SSSR count). The van der Waals surface area contributed by atoms with E-state index in [1.54, 1.807) is 0 Å². The van der Waals surface area contributed by atoms with Crippen LogP contribution in [0.2, 0.25) is 0 Å². The van der Waals surface area contributed by atoms with E-state index in [1.807, 2.05) is 33.0 Å². The van der Waals surface area contributed by atoms with Crippen LogP contribution < -0.4 is 10.2 Å². The Balaban J connectivity index is 1.97. The number of carbonyl (C=O) groups excluding carboxylic acids is 1. The average molecular weight is 305 g/mol. The van der Waals surface area contributed by atoms with Gasteiger partial charge in [-0.15, -0.1) is 0 Å². The summed E-state index contributed by atoms with van der Waals surface area (Å²) >= 11 is 0. The molecule has 1 aromatic rings. The number of piperidine rings is 1. The molecular weight excluding hydrogens is 278 g/mol. The normalized spacial score (nSPS) is 18.9. The van der Waals surface area contributed by atoms with Gasteiger partial charge in [0.1, 0.15) is 11.4 Å². The summed E-state index contributed by atoms with van der Waals surface area (Å²) in [6, 6.07) is 4.38. The van der Waals surface area contributed by atoms with Crippen LogP contribution in [0.3, 0.4) is 0 Å². The lowest BCUT2D eigenvalue weighted by atomic mass is 10.0. The van der Waals surface area contributed by atoms with E-state index in [-0.39, 0.29) is 12.1 Å². The predicted molar refractivity (Wildman–Crippen MR) is 88.2 cm³/mol. The fourth-order valence-electron chi connectivity index (χ4n) is 2.71. The summed E-state index contributed by atoms with van der Waals surface area (Å²) in [4.78, 5) is 18.6. The zero-order chi connectivity index (χ0) is 16.2. The molecule has 1 amide bonds. The fraction of sp³-hybridized carbons (Fsp3) is 0.647. The number of amides is 1. The number of aromatic nitrogens is 1. The van der Waals surface area contributed by atoms with E-state index in [0.29, 0.717) is 6.54 Å². The molecule has 1 atom stereocenters. The van der Waals surface area contributed by atoms with Gasteiger partial charge in [-0.2, -0.15) is 0 Å². The Labute approximate surface area is 133 Å². The Kier molecular flexibility index (Phi) is 5.27. The first kappa shape index (κ1) is 16.6. The minimum Gasteiger partial charge on any atom is -0.444 e. The minimum atomic E-state index is -0.464. The molecule has 1 unspecified atom stereocenters. The molecule has 1 fully saturated rings. The number of alkyl carbamates (subject to hydrolysis) is 1. The molecule has 0 saturated carbocycles. The largest absolute Gasteiger partial charge is 0.444 e. The van der Waals surface area contributed by atoms with Crippen molar-refractivity contribution in [1.29, 1.82) is 0 Å². The van der Waals surface area contributed by atoms with E-state index in [4.69, 9.17) is 4.74 Å². The van der Waals surface area contributed by atoms with Crippen molar-refractivity contribution in [3.63, 3.8) is 0 Å². The smallest absolute Gasteiger partial charge is 0.407 e. The maximum absolute atomic E-state index is 11.8. The van der Waals surface area contributed by atoms with Crippen LogP contribution in [-0.4, -0.2) is 35.8 Å². The first-order valence-corrected chi connectivity index (χ1v) is 8.01. The summed E-state index contributed by atoms with van der Waals surface area (Å²) in [6.07, 6.45) is 4.90. The SMILES string of the molecule is Cc1ccnc(N2CCCCC2CNC(=O)OC(C)(C)C)c1. The molecule has 1 saturated heterocycles. The Morgan fingerprint density at radius 3 is 2.91 bits per heavy atom. The van der Waals surface area contributed by atoms with Crippen molar-refractivity contribution in [2.45, 2.75) is 58.6 Å². The van der Waals surface area contributed by atoms with Gasteiger partial charge >= 0.3 is 6.09 Å². The van der Waals surface area contributed by atoms with Gasteiger partial charge in [0.2, 0.25) is 0 Å². The van der Waals surface area contributed by atoms with Gasteiger partial charge in [-0.1, -0.05) is 0 Å². The standard InChI is InChI=1S/C17H27N3O2/c1-13-8-9-18-15(11-13)20-10-6-5-7-14(20)12-19-16(21)22-17(2,3)4/h8-9,11,14H,5-7,10,12H2,1-4H3,(H,19,21). The van der Waals surface area contributed by atoms with Crippen molar-refractivity contribution < 1.29 is 9.53 Å². The van der Waals surface area contributed by atoms with Crippen molar-refractivity contribution >= 4 is 11.9 Å². The maximum atomic E-state index is 11.8. The summed E-state index contributed by atoms with van der Waals surface area (Å²) in [6.45, 7) is 9.26. The highest BCUT2D eigenvalue weighted by atomic mass is 16.6. The molecule has 122 valence electrons. The second kappa shape index (κ2) is 6.99. The van der Waals surface area contributed by atoms with Crippen molar-refractivity contribution in [2.24, 2.45) is 0 Å². The van der Waals surface area contributed by atoms with Crippen molar-refractivity contribution in [3.8, 4) is 0 Å². The Morgan fingerprint density at radius 1 is 1.45 bits per heavy atom. The van der Waals surface area contributed by atoms with Crippen LogP contribution in [0.5, 0.6) is 0 Å². The number of nitrogens with zero attached hydrogens (tertiary/aromatic N) is 2. The van der Waals surface area contributed by atoms with Gasteiger partial charge in [0.25, 0.3) is 0 Å². The Bertz CT molecular complexity index is 511. The summed E-state index contributed by atoms with van der Waals surface area (Å²) in [5.41, 5.74) is 0.739. The summed E-state index contributed by atoms with van der Waals surface area (Å²) in [7, 11) is 0. The lowest BCUT2D eigenvalue weighted by molar-refractivity contribution is 0.0523. The highest BCUT2D eigenvalue weighted by molar-refractivity contribution is 5.67. The Hall–Kier alpha value is -1.78. The van der Waals surface area contributed by atoms with E-state index in [1.165, 1.54) is 18.4 Å². The van der Waals surface area contributed by atoms with E-state index in [0.717, 1.165) is 18.8 Å². The summed E-state index contributed by atoms with van der Waals surface area (Å²) in [5, 5.41) is 2.89. The second-order valence-corrected chi connectivity index (χ2v) is 6.92. The summed E-state index contributed by atoms with van der Waals surface area (Å²) in [5.74, 6) is 0.996. The molecule has 1 aliphatic rings. The number of carbonyl (C=O) groups is 1. The molecule has 0 bridgehead atoms. The monoisotopic (exact) mass is 305 g/mol. The van der Waals surface area contributed by atoms with Gasteiger partial charge in [-0.3, -0.25) is 0 Å². The van der Waals surface area contributed by atoms with E-state index >= 15 is 0 Å². The quantitative estimate of drug-likeness (QED) is 0.931. The fourth-order valence-corrected chi connectivity index (χ4v) is 2.71. The lowest BCUT2D eigenvalue weighted by Crippen LogP contribution is -2.48. The number of pyridine rings is 1. The molecule has 22 heavy (non-hydrogen) atoms. The van der Waals surface area contributed by atoms with Gasteiger partial charge in [-0.25, -0.2) is 9.78 Å². The third-order valence-corrected chi connectivity index (χ3v) is 3.70. The van der Waals surface area contributed by atoms with Crippen LogP contribution in [-0.2, 0) is 4.74 Å². The molecule has 5 nitrogen and oxygen atoms in total. The van der Waals surface area contributed by atoms with Crippen LogP contribution in [0.4, 0.5) is 10.6 Å². The first-order valence-electron chi connectivity index (χ1n) is 8.01. The highest BCUT2D eigenvalue weighted by Crippen LogP contribution is 2.23. The van der Waals surface area contributed by atoms with Crippen molar-refractivity contribution in [2.75, 3.05) is 18.0 Å². The van der Waals surface area contributed by atoms with Crippen molar-refractivity contribution in [1.82, 2.24) is 10.3 Å². The lowest BCUT2D eigenvalue weighted by Gasteiger charge is -2.37. The van der Waals surface area contributed by atoms with Gasteiger partial charge in [0, 0.05) is 25.3 Å². The molecule has 1 aromatic heterocycles. The molecule has 1 N–H and O–H groups in total. The number of aryl methyl sites for hydroxylation is 1. The Morgan fingerprint density at radius 2 is 2.23 bits per heavy atom. The third-order valence-electron chi connectivity index (χ3n) is 3.70. The van der Waals surface area contributed by atoms with Gasteiger partial charge < -0.3 is 15.0 Å². The zero-order valence-corrected chi connectivity index (χ0v) is 14.1. The van der Waals surface area contributed by atoms with Gasteiger partial charge in [0.05, 0.1) is 0 Å². The minimum absolute atomic E-state index is 0.274. The molecule has 0 aliphatic carbocycles. The van der Waals surface area contributed by atoms with E-state index in [9.17, 15) is 4.79 Å². The number of hydrogen-bond donors (Lipinski definition) is 1. The topological polar surface area (TPSA) is 54.5 Å². The van der Waals surface area contributed by atoms with Crippen LogP contribution in [0, 0.1) is 6.92 Å². The van der Waals surface area contributed by atoms with E-state index < -0.39 is 5.60 Å². The molecule has 0 spiro atoms. The van der Waals surface area contributed by atoms with Gasteiger partial charge in [0.15, 0.2) is 0 Å². The van der Waals surface area contributed by atoms with Crippen LogP contribution in [0.15, 0.2) is 18.3 Å². The van der Waals surface area contributed by atoms with Crippen LogP contribution in [0.1, 0.15) is 45.6 Å². The molecule has 0 radical (unpaired) electrons. The molecule has 5 heteroatoms. The predicted octanol–water partition coefficient (Wildman–Crippen LogP) is 3.27. The number of nitrogens with one attached hydrogen (secondary N) is 1. The molecule has 1 aliphatic heterocycles. The number of ether oxygens (including phenoxy) is 1. The summed E-state index contributed by atoms with van der Waals surface area (Å²) < 4.78 is 5.30. The molecule has 2 heterocycles. The maximum Gasteiger partial charge on any atom is 0.407 e. The van der Waals surface area contributed by atoms with Gasteiger partial charge in [-0.05, 0) is 64.7 Å². The second-order valence-electron chi connectivity index (χ2n) is 6.92. The number of anilines is 1. The average Bonchev–Trinajstić information content (AvgIpc) is 2.44. The molecular formula is C17H27N3O2. The van der Waals surface area contributed by atoms with E-state index in [2.05, 4.69) is 28.2 Å². The van der Waals surface area contributed by atoms with Crippen molar-refractivity contribution in [3.05, 3.63) is 23.9 Å². The number of hydrogen-bond acceptors (Lipinski definition) is 4. The third kappa shape index (κ3) is 4.90. The van der Waals surface area contributed by atoms with Crippen LogP contribution in [0.25, 0.3) is 0 Å². The highest BCUT2D eigenvalue weighted by Gasteiger charge is 2.25. The first-order chi connectivity index (χ1) is 10.3. The zero-order valence-electron chi connectivity index (χ0n) is 14.1. The number of rotatable bonds is 3. The molecule has 0 aromatic carbocycles.